The highest BCUT2D eigenvalue weighted by molar-refractivity contribution is 14.2. The van der Waals surface area contributed by atoms with Gasteiger partial charge in [-0.3, -0.25) is 4.79 Å². The maximum absolute atomic E-state index is 12.0. The Hall–Kier alpha value is 1.72. The van der Waals surface area contributed by atoms with Crippen LogP contribution in [-0.2, 0) is 4.79 Å². The van der Waals surface area contributed by atoms with Gasteiger partial charge in [0.25, 0.3) is 0 Å². The Labute approximate surface area is 91.7 Å². The number of rotatable bonds is 2. The van der Waals surface area contributed by atoms with Crippen molar-refractivity contribution in [2.75, 3.05) is 0 Å². The molecule has 54 valence electrons. The molecule has 0 amide bonds. The van der Waals surface area contributed by atoms with E-state index >= 15 is 0 Å². The number of halogens is 5. The van der Waals surface area contributed by atoms with Crippen molar-refractivity contribution in [3.63, 3.8) is 0 Å². The maximum atomic E-state index is 12.0. The van der Waals surface area contributed by atoms with Crippen LogP contribution < -0.4 is 0 Å². The van der Waals surface area contributed by atoms with Crippen molar-refractivity contribution in [2.24, 2.45) is 0 Å². The average Bonchev–Trinajstić information content (AvgIpc) is 1.62. The number of ketones is 1. The Morgan fingerprint density at radius 3 is 1.78 bits per heavy atom. The van der Waals surface area contributed by atoms with Crippen LogP contribution in [-0.4, -0.2) is 11.6 Å². The number of carbonyl (C=O) groups excluding carboxylic acids is 1. The van der Waals surface area contributed by atoms with Crippen LogP contribution in [0.5, 0.6) is 0 Å². The molecule has 0 unspecified atom stereocenters. The summed E-state index contributed by atoms with van der Waals surface area (Å²) in [5, 5.41) is 0. The number of hydrogen-bond donors (Lipinski definition) is 0. The molecule has 0 bridgehead atoms. The molecule has 9 heavy (non-hydrogen) atoms. The molecule has 1 nitrogen and oxygen atoms in total. The Kier molecular flexibility index (Phi) is 4.68. The van der Waals surface area contributed by atoms with E-state index in [4.69, 9.17) is 0 Å². The lowest BCUT2D eigenvalue weighted by Crippen LogP contribution is -2.25. The third kappa shape index (κ3) is 4.22. The van der Waals surface area contributed by atoms with E-state index in [1.54, 1.807) is 45.2 Å². The molecule has 0 rings (SSSR count). The summed E-state index contributed by atoms with van der Waals surface area (Å²) >= 11 is 4.12. The summed E-state index contributed by atoms with van der Waals surface area (Å²) in [5.74, 6) is -1.04. The van der Waals surface area contributed by atoms with Crippen LogP contribution in [0, 0.1) is 0 Å². The van der Waals surface area contributed by atoms with Gasteiger partial charge in [-0.15, -0.1) is 0 Å². The van der Waals surface area contributed by atoms with Gasteiger partial charge in [-0.25, -0.2) is 0 Å². The molecule has 0 aliphatic carbocycles. The highest BCUT2D eigenvalue weighted by Gasteiger charge is 2.37. The van der Waals surface area contributed by atoms with Crippen molar-refractivity contribution in [3.05, 3.63) is 0 Å². The van der Waals surface area contributed by atoms with E-state index in [9.17, 15) is 13.6 Å². The summed E-state index contributed by atoms with van der Waals surface area (Å²) in [6.07, 6.45) is 0. The molecular formula is C3HF2I3O. The fourth-order valence-electron chi connectivity index (χ4n) is 0.124. The molecule has 0 aromatic rings. The molecule has 0 atom stereocenters. The average molecular weight is 472 g/mol. The second kappa shape index (κ2) is 3.93. The van der Waals surface area contributed by atoms with Crippen LogP contribution in [0.25, 0.3) is 0 Å². The molecule has 0 heterocycles. The topological polar surface area (TPSA) is 17.1 Å². The minimum Gasteiger partial charge on any atom is -0.290 e. The molecule has 0 aromatic heterocycles. The van der Waals surface area contributed by atoms with Gasteiger partial charge >= 0.3 is 3.93 Å². The Morgan fingerprint density at radius 1 is 1.44 bits per heavy atom. The number of hydrogen-bond acceptors (Lipinski definition) is 1. The van der Waals surface area contributed by atoms with Crippen molar-refractivity contribution in [3.8, 4) is 0 Å². The lowest BCUT2D eigenvalue weighted by atomic mass is 10.5. The van der Waals surface area contributed by atoms with E-state index in [1.165, 1.54) is 0 Å². The standard InChI is InChI=1S/C3HF2I3O/c4-3(5,8)1(9)2(6)7/h2H. The molecule has 0 fully saturated rings. The first-order chi connectivity index (χ1) is 3.85. The second-order valence-electron chi connectivity index (χ2n) is 1.16. The molecule has 0 saturated heterocycles. The van der Waals surface area contributed by atoms with E-state index in [0.717, 1.165) is 22.6 Å². The van der Waals surface area contributed by atoms with E-state index in [2.05, 4.69) is 0 Å². The van der Waals surface area contributed by atoms with Crippen molar-refractivity contribution in [1.29, 1.82) is 0 Å². The van der Waals surface area contributed by atoms with Crippen LogP contribution in [0.1, 0.15) is 0 Å². The highest BCUT2D eigenvalue weighted by atomic mass is 127. The summed E-state index contributed by atoms with van der Waals surface area (Å²) in [6, 6.07) is 0. The van der Waals surface area contributed by atoms with Crippen molar-refractivity contribution >= 4 is 73.6 Å². The van der Waals surface area contributed by atoms with E-state index in [0.29, 0.717) is 0 Å². The van der Waals surface area contributed by atoms with Crippen LogP contribution >= 0.6 is 67.8 Å². The monoisotopic (exact) mass is 472 g/mol. The minimum atomic E-state index is -3.20. The first-order valence-corrected chi connectivity index (χ1v) is 5.32. The van der Waals surface area contributed by atoms with Gasteiger partial charge in [0.2, 0.25) is 5.78 Å². The summed E-state index contributed by atoms with van der Waals surface area (Å²) in [4.78, 5) is 10.4. The second-order valence-corrected chi connectivity index (χ2v) is 7.39. The molecular weight excluding hydrogens is 471 g/mol. The quantitative estimate of drug-likeness (QED) is 0.447. The van der Waals surface area contributed by atoms with Gasteiger partial charge < -0.3 is 0 Å². The molecule has 0 N–H and O–H groups in total. The summed E-state index contributed by atoms with van der Waals surface area (Å²) < 4.78 is 20.1. The molecule has 0 saturated carbocycles. The van der Waals surface area contributed by atoms with Gasteiger partial charge in [0.1, 0.15) is 1.93 Å². The predicted molar refractivity (Wildman–Crippen MR) is 55.8 cm³/mol. The molecule has 0 radical (unpaired) electrons. The Bertz CT molecular complexity index is 119. The van der Waals surface area contributed by atoms with E-state index < -0.39 is 11.6 Å². The fourth-order valence-corrected chi connectivity index (χ4v) is 2.41. The zero-order chi connectivity index (χ0) is 7.65. The van der Waals surface area contributed by atoms with Gasteiger partial charge in [0.15, 0.2) is 0 Å². The molecule has 6 heteroatoms. The van der Waals surface area contributed by atoms with Crippen LogP contribution in [0.3, 0.4) is 0 Å². The lowest BCUT2D eigenvalue weighted by molar-refractivity contribution is -0.128. The summed E-state index contributed by atoms with van der Waals surface area (Å²) in [7, 11) is 0. The molecule has 0 aromatic carbocycles. The van der Waals surface area contributed by atoms with Crippen molar-refractivity contribution < 1.29 is 13.6 Å². The third-order valence-corrected chi connectivity index (χ3v) is 2.14. The SMILES string of the molecule is O=C(C(I)I)C(F)(F)I. The largest absolute Gasteiger partial charge is 0.355 e. The lowest BCUT2D eigenvalue weighted by Gasteiger charge is -2.06. The highest BCUT2D eigenvalue weighted by Crippen LogP contribution is 2.29. The fraction of sp³-hybridized carbons (Fsp3) is 0.667. The van der Waals surface area contributed by atoms with Gasteiger partial charge in [-0.2, -0.15) is 8.78 Å². The molecule has 0 spiro atoms. The van der Waals surface area contributed by atoms with Crippen molar-refractivity contribution in [2.45, 2.75) is 5.86 Å². The number of Topliss-reactive ketones (excluding diaryl/α,β-unsaturated/α-hetero) is 1. The normalized spacial score (nSPS) is 12.2. The Balaban J connectivity index is 4.06. The maximum Gasteiger partial charge on any atom is 0.355 e. The first kappa shape index (κ1) is 10.7. The van der Waals surface area contributed by atoms with E-state index in [1.807, 2.05) is 0 Å². The van der Waals surface area contributed by atoms with E-state index in [-0.39, 0.29) is 0 Å². The van der Waals surface area contributed by atoms with Gasteiger partial charge in [0.05, 0.1) is 0 Å². The summed E-state index contributed by atoms with van der Waals surface area (Å²) in [5.41, 5.74) is 0. The molecule has 0 aliphatic heterocycles. The third-order valence-electron chi connectivity index (χ3n) is 0.478. The predicted octanol–water partition coefficient (Wildman–Crippen LogP) is 2.78. The minimum absolute atomic E-state index is 0.646. The summed E-state index contributed by atoms with van der Waals surface area (Å²) in [6.45, 7) is 0. The van der Waals surface area contributed by atoms with Crippen LogP contribution in [0.2, 0.25) is 0 Å². The van der Waals surface area contributed by atoms with Gasteiger partial charge in [-0.05, 0) is 0 Å². The smallest absolute Gasteiger partial charge is 0.290 e. The first-order valence-electron chi connectivity index (χ1n) is 1.75. The van der Waals surface area contributed by atoms with Crippen LogP contribution in [0.4, 0.5) is 8.78 Å². The number of carbonyl (C=O) groups is 1. The van der Waals surface area contributed by atoms with Crippen LogP contribution in [0.15, 0.2) is 0 Å². The van der Waals surface area contributed by atoms with Gasteiger partial charge in [0, 0.05) is 22.6 Å². The van der Waals surface area contributed by atoms with Crippen molar-refractivity contribution in [1.82, 2.24) is 0 Å². The zero-order valence-corrected chi connectivity index (χ0v) is 10.3. The van der Waals surface area contributed by atoms with Gasteiger partial charge in [-0.1, -0.05) is 45.2 Å². The molecule has 0 aliphatic rings. The Morgan fingerprint density at radius 2 is 1.78 bits per heavy atom. The number of alkyl halides is 5. The zero-order valence-electron chi connectivity index (χ0n) is 3.88.